The van der Waals surface area contributed by atoms with E-state index >= 15 is 0 Å². The van der Waals surface area contributed by atoms with Crippen LogP contribution in [0.4, 0.5) is 0 Å². The van der Waals surface area contributed by atoms with Gasteiger partial charge in [-0.2, -0.15) is 10.2 Å². The molecule has 0 aromatic carbocycles. The molecule has 0 aromatic rings. The van der Waals surface area contributed by atoms with Gasteiger partial charge in [0.05, 0.1) is 0 Å². The lowest BCUT2D eigenvalue weighted by molar-refractivity contribution is 0.869. The topological polar surface area (TPSA) is 24.7 Å². The molecule has 0 unspecified atom stereocenters. The zero-order valence-electron chi connectivity index (χ0n) is 7.26. The van der Waals surface area contributed by atoms with E-state index < -0.39 is 0 Å². The van der Waals surface area contributed by atoms with Crippen molar-refractivity contribution in [1.29, 1.82) is 0 Å². The molecular formula is C8H16N2. The van der Waals surface area contributed by atoms with Crippen molar-refractivity contribution in [2.75, 3.05) is 0 Å². The fraction of sp³-hybridized carbons (Fsp3) is 0.750. The Kier molecular flexibility index (Phi) is 4.81. The Morgan fingerprint density at radius 1 is 1.50 bits per heavy atom. The molecule has 0 fully saturated rings. The minimum Gasteiger partial charge on any atom is -0.164 e. The fourth-order valence-corrected chi connectivity index (χ4v) is 0.329. The van der Waals surface area contributed by atoms with Crippen LogP contribution < -0.4 is 0 Å². The summed E-state index contributed by atoms with van der Waals surface area (Å²) in [6.45, 7) is 8.27. The minimum absolute atomic E-state index is 0.508. The normalized spacial score (nSPS) is 13.5. The van der Waals surface area contributed by atoms with Gasteiger partial charge in [0.15, 0.2) is 0 Å². The van der Waals surface area contributed by atoms with Crippen molar-refractivity contribution in [3.05, 3.63) is 0 Å². The van der Waals surface area contributed by atoms with Crippen molar-refractivity contribution in [1.82, 2.24) is 0 Å². The molecule has 0 saturated heterocycles. The second-order valence-corrected chi connectivity index (χ2v) is 2.60. The minimum atomic E-state index is 0.508. The molecule has 0 heterocycles. The number of nitrogens with zero attached hydrogens (tertiary/aromatic N) is 2. The summed E-state index contributed by atoms with van der Waals surface area (Å²) in [5.74, 6) is 0.508. The van der Waals surface area contributed by atoms with Gasteiger partial charge in [-0.05, 0) is 19.3 Å². The predicted molar refractivity (Wildman–Crippen MR) is 46.7 cm³/mol. The van der Waals surface area contributed by atoms with Gasteiger partial charge in [-0.1, -0.05) is 20.8 Å². The highest BCUT2D eigenvalue weighted by molar-refractivity contribution is 5.83. The molecule has 0 aliphatic heterocycles. The van der Waals surface area contributed by atoms with Crippen LogP contribution in [-0.2, 0) is 0 Å². The van der Waals surface area contributed by atoms with Crippen molar-refractivity contribution in [3.8, 4) is 0 Å². The van der Waals surface area contributed by atoms with Crippen LogP contribution in [0, 0.1) is 5.92 Å². The summed E-state index contributed by atoms with van der Waals surface area (Å²) in [6, 6.07) is 0. The molecule has 10 heavy (non-hydrogen) atoms. The standard InChI is InChI=1S/C8H16N2/c1-5-6-9-10-8(4)7(2)3/h6-7H,5H2,1-4H3/b9-6+,10-8+. The second-order valence-electron chi connectivity index (χ2n) is 2.60. The monoisotopic (exact) mass is 140 g/mol. The first-order valence-corrected chi connectivity index (χ1v) is 3.74. The highest BCUT2D eigenvalue weighted by atomic mass is 15.2. The lowest BCUT2D eigenvalue weighted by Gasteiger charge is -1.98. The zero-order valence-corrected chi connectivity index (χ0v) is 7.26. The van der Waals surface area contributed by atoms with Crippen LogP contribution in [0.2, 0.25) is 0 Å². The SMILES string of the molecule is CC/C=N/N=C(\C)C(C)C. The Hall–Kier alpha value is -0.660. The molecule has 58 valence electrons. The van der Waals surface area contributed by atoms with Crippen molar-refractivity contribution >= 4 is 11.9 Å². The van der Waals surface area contributed by atoms with E-state index in [1.807, 2.05) is 20.1 Å². The third kappa shape index (κ3) is 4.24. The van der Waals surface area contributed by atoms with Crippen LogP contribution in [0.15, 0.2) is 10.2 Å². The molecule has 0 N–H and O–H groups in total. The lowest BCUT2D eigenvalue weighted by atomic mass is 10.1. The molecule has 0 atom stereocenters. The molecule has 0 saturated carbocycles. The lowest BCUT2D eigenvalue weighted by Crippen LogP contribution is -2.00. The van der Waals surface area contributed by atoms with E-state index in [-0.39, 0.29) is 0 Å². The summed E-state index contributed by atoms with van der Waals surface area (Å²) in [4.78, 5) is 0. The van der Waals surface area contributed by atoms with Gasteiger partial charge < -0.3 is 0 Å². The van der Waals surface area contributed by atoms with Crippen molar-refractivity contribution < 1.29 is 0 Å². The van der Waals surface area contributed by atoms with E-state index in [0.29, 0.717) is 5.92 Å². The quantitative estimate of drug-likeness (QED) is 0.425. The molecule has 0 aliphatic rings. The Labute approximate surface area is 63.1 Å². The molecule has 2 nitrogen and oxygen atoms in total. The van der Waals surface area contributed by atoms with Crippen molar-refractivity contribution in [2.45, 2.75) is 34.1 Å². The van der Waals surface area contributed by atoms with Crippen LogP contribution in [-0.4, -0.2) is 11.9 Å². The summed E-state index contributed by atoms with van der Waals surface area (Å²) in [5.41, 5.74) is 1.09. The van der Waals surface area contributed by atoms with Gasteiger partial charge in [0, 0.05) is 11.9 Å². The van der Waals surface area contributed by atoms with E-state index in [2.05, 4.69) is 24.1 Å². The van der Waals surface area contributed by atoms with E-state index in [9.17, 15) is 0 Å². The van der Waals surface area contributed by atoms with Crippen LogP contribution in [0.25, 0.3) is 0 Å². The largest absolute Gasteiger partial charge is 0.164 e. The molecule has 0 spiro atoms. The first-order chi connectivity index (χ1) is 4.68. The summed E-state index contributed by atoms with van der Waals surface area (Å²) in [6.07, 6.45) is 2.76. The van der Waals surface area contributed by atoms with Crippen LogP contribution in [0.5, 0.6) is 0 Å². The molecule has 0 amide bonds. The molecule has 0 rings (SSSR count). The van der Waals surface area contributed by atoms with Gasteiger partial charge in [-0.3, -0.25) is 0 Å². The van der Waals surface area contributed by atoms with Crippen LogP contribution in [0.3, 0.4) is 0 Å². The van der Waals surface area contributed by atoms with E-state index in [1.54, 1.807) is 0 Å². The van der Waals surface area contributed by atoms with E-state index in [1.165, 1.54) is 0 Å². The average molecular weight is 140 g/mol. The molecule has 2 heteroatoms. The smallest absolute Gasteiger partial charge is 0.0400 e. The van der Waals surface area contributed by atoms with Gasteiger partial charge in [0.25, 0.3) is 0 Å². The molecule has 0 radical (unpaired) electrons. The average Bonchev–Trinajstić information content (AvgIpc) is 1.88. The Morgan fingerprint density at radius 3 is 2.50 bits per heavy atom. The van der Waals surface area contributed by atoms with Gasteiger partial charge >= 0.3 is 0 Å². The summed E-state index contributed by atoms with van der Waals surface area (Å²) in [7, 11) is 0. The Morgan fingerprint density at radius 2 is 2.10 bits per heavy atom. The first-order valence-electron chi connectivity index (χ1n) is 3.74. The van der Waals surface area contributed by atoms with Gasteiger partial charge in [0.1, 0.15) is 0 Å². The van der Waals surface area contributed by atoms with Crippen LogP contribution >= 0.6 is 0 Å². The van der Waals surface area contributed by atoms with Crippen molar-refractivity contribution in [3.63, 3.8) is 0 Å². The summed E-state index contributed by atoms with van der Waals surface area (Å²) < 4.78 is 0. The third-order valence-electron chi connectivity index (χ3n) is 1.32. The van der Waals surface area contributed by atoms with E-state index in [0.717, 1.165) is 12.1 Å². The number of rotatable bonds is 3. The maximum atomic E-state index is 4.00. The predicted octanol–water partition coefficient (Wildman–Crippen LogP) is 2.50. The van der Waals surface area contributed by atoms with Crippen molar-refractivity contribution in [2.24, 2.45) is 16.1 Å². The van der Waals surface area contributed by atoms with E-state index in [4.69, 9.17) is 0 Å². The fourth-order valence-electron chi connectivity index (χ4n) is 0.329. The Bertz CT molecular complexity index is 134. The zero-order chi connectivity index (χ0) is 7.98. The summed E-state index contributed by atoms with van der Waals surface area (Å²) in [5, 5.41) is 7.87. The van der Waals surface area contributed by atoms with Gasteiger partial charge in [0.2, 0.25) is 0 Å². The first kappa shape index (κ1) is 9.34. The van der Waals surface area contributed by atoms with Gasteiger partial charge in [-0.15, -0.1) is 0 Å². The molecular weight excluding hydrogens is 124 g/mol. The van der Waals surface area contributed by atoms with Gasteiger partial charge in [-0.25, -0.2) is 0 Å². The molecule has 0 bridgehead atoms. The maximum Gasteiger partial charge on any atom is 0.0400 e. The molecule has 0 aromatic heterocycles. The highest BCUT2D eigenvalue weighted by Crippen LogP contribution is 1.95. The summed E-state index contributed by atoms with van der Waals surface area (Å²) >= 11 is 0. The Balaban J connectivity index is 3.79. The highest BCUT2D eigenvalue weighted by Gasteiger charge is 1.94. The third-order valence-corrected chi connectivity index (χ3v) is 1.32. The number of hydrogen-bond donors (Lipinski definition) is 0. The number of hydrogen-bond acceptors (Lipinski definition) is 2. The second kappa shape index (κ2) is 5.15. The molecule has 0 aliphatic carbocycles. The van der Waals surface area contributed by atoms with Crippen LogP contribution in [0.1, 0.15) is 34.1 Å². The maximum absolute atomic E-state index is 4.00.